The van der Waals surface area contributed by atoms with E-state index in [4.69, 9.17) is 4.74 Å². The number of aryl methyl sites for hydroxylation is 2. The normalized spacial score (nSPS) is 20.3. The molecule has 0 spiro atoms. The Kier molecular flexibility index (Phi) is 2.61. The Morgan fingerprint density at radius 2 is 2.15 bits per heavy atom. The first-order chi connectivity index (χ1) is 6.25. The fraction of sp³-hybridized carbons (Fsp3) is 0.455. The van der Waals surface area contributed by atoms with E-state index in [1.54, 1.807) is 0 Å². The van der Waals surface area contributed by atoms with Crippen molar-refractivity contribution in [3.63, 3.8) is 0 Å². The van der Waals surface area contributed by atoms with Gasteiger partial charge < -0.3 is 4.74 Å². The first-order valence-corrected chi connectivity index (χ1v) is 5.56. The Bertz CT molecular complexity index is 305. The Labute approximate surface area is 83.5 Å². The minimum Gasteiger partial charge on any atom is -0.372 e. The molecule has 1 aromatic carbocycles. The molecule has 0 amide bonds. The van der Waals surface area contributed by atoms with Crippen LogP contribution in [0.25, 0.3) is 0 Å². The Balaban J connectivity index is 1.98. The lowest BCUT2D eigenvalue weighted by atomic mass is 10.1. The van der Waals surface area contributed by atoms with Gasteiger partial charge in [0.25, 0.3) is 0 Å². The van der Waals surface area contributed by atoms with Gasteiger partial charge in [-0.1, -0.05) is 6.07 Å². The van der Waals surface area contributed by atoms with Gasteiger partial charge in [-0.15, -0.1) is 11.8 Å². The SMILES string of the molecule is Cc1ccc(SCC2CO2)cc1C. The zero-order valence-corrected chi connectivity index (χ0v) is 8.86. The zero-order valence-electron chi connectivity index (χ0n) is 8.04. The fourth-order valence-corrected chi connectivity index (χ4v) is 2.15. The van der Waals surface area contributed by atoms with Crippen LogP contribution in [0, 0.1) is 13.8 Å². The van der Waals surface area contributed by atoms with Gasteiger partial charge in [0, 0.05) is 10.6 Å². The van der Waals surface area contributed by atoms with Crippen LogP contribution in [-0.2, 0) is 4.74 Å². The number of rotatable bonds is 3. The van der Waals surface area contributed by atoms with Gasteiger partial charge in [0.2, 0.25) is 0 Å². The minimum atomic E-state index is 0.520. The smallest absolute Gasteiger partial charge is 0.0903 e. The maximum atomic E-state index is 5.16. The lowest BCUT2D eigenvalue weighted by Crippen LogP contribution is -1.89. The van der Waals surface area contributed by atoms with E-state index in [0.29, 0.717) is 6.10 Å². The average Bonchev–Trinajstić information content (AvgIpc) is 2.91. The summed E-state index contributed by atoms with van der Waals surface area (Å²) in [5.74, 6) is 1.10. The first-order valence-electron chi connectivity index (χ1n) is 4.57. The molecule has 1 heterocycles. The standard InChI is InChI=1S/C11H14OS/c1-8-3-4-11(5-9(8)2)13-7-10-6-12-10/h3-5,10H,6-7H2,1-2H3. The van der Waals surface area contributed by atoms with Gasteiger partial charge in [0.05, 0.1) is 12.7 Å². The molecule has 0 N–H and O–H groups in total. The highest BCUT2D eigenvalue weighted by Gasteiger charge is 2.22. The number of benzene rings is 1. The van der Waals surface area contributed by atoms with Crippen LogP contribution in [-0.4, -0.2) is 18.5 Å². The van der Waals surface area contributed by atoms with Gasteiger partial charge >= 0.3 is 0 Å². The van der Waals surface area contributed by atoms with Gasteiger partial charge in [0.1, 0.15) is 0 Å². The zero-order chi connectivity index (χ0) is 9.26. The highest BCUT2D eigenvalue weighted by atomic mass is 32.2. The third-order valence-electron chi connectivity index (χ3n) is 2.32. The van der Waals surface area contributed by atoms with Crippen LogP contribution < -0.4 is 0 Å². The van der Waals surface area contributed by atoms with Crippen molar-refractivity contribution in [2.75, 3.05) is 12.4 Å². The van der Waals surface area contributed by atoms with Crippen LogP contribution in [0.15, 0.2) is 23.1 Å². The van der Waals surface area contributed by atoms with E-state index in [1.807, 2.05) is 11.8 Å². The molecule has 1 atom stereocenters. The molecule has 1 fully saturated rings. The van der Waals surface area contributed by atoms with Crippen molar-refractivity contribution in [2.45, 2.75) is 24.8 Å². The second kappa shape index (κ2) is 3.72. The third-order valence-corrected chi connectivity index (χ3v) is 3.44. The second-order valence-corrected chi connectivity index (χ2v) is 4.61. The molecule has 1 unspecified atom stereocenters. The van der Waals surface area contributed by atoms with Crippen molar-refractivity contribution < 1.29 is 4.74 Å². The van der Waals surface area contributed by atoms with Crippen molar-refractivity contribution in [1.82, 2.24) is 0 Å². The van der Waals surface area contributed by atoms with Crippen molar-refractivity contribution in [1.29, 1.82) is 0 Å². The van der Waals surface area contributed by atoms with E-state index < -0.39 is 0 Å². The number of ether oxygens (including phenoxy) is 1. The molecule has 0 radical (unpaired) electrons. The molecule has 1 aliphatic heterocycles. The molecular formula is C11H14OS. The van der Waals surface area contributed by atoms with E-state index in [0.717, 1.165) is 12.4 Å². The summed E-state index contributed by atoms with van der Waals surface area (Å²) >= 11 is 1.89. The third kappa shape index (κ3) is 2.48. The van der Waals surface area contributed by atoms with Crippen LogP contribution in [0.2, 0.25) is 0 Å². The van der Waals surface area contributed by atoms with Crippen LogP contribution >= 0.6 is 11.8 Å². The summed E-state index contributed by atoms with van der Waals surface area (Å²) < 4.78 is 5.16. The highest BCUT2D eigenvalue weighted by molar-refractivity contribution is 7.99. The van der Waals surface area contributed by atoms with Crippen LogP contribution in [0.5, 0.6) is 0 Å². The van der Waals surface area contributed by atoms with Crippen molar-refractivity contribution >= 4 is 11.8 Å². The number of hydrogen-bond acceptors (Lipinski definition) is 2. The maximum Gasteiger partial charge on any atom is 0.0903 e. The molecule has 1 aliphatic rings. The van der Waals surface area contributed by atoms with E-state index in [1.165, 1.54) is 16.0 Å². The summed E-state index contributed by atoms with van der Waals surface area (Å²) in [6, 6.07) is 6.63. The predicted molar refractivity (Wildman–Crippen MR) is 56.4 cm³/mol. The summed E-state index contributed by atoms with van der Waals surface area (Å²) in [5.41, 5.74) is 2.74. The molecule has 1 aromatic rings. The molecule has 1 saturated heterocycles. The van der Waals surface area contributed by atoms with Crippen LogP contribution in [0.4, 0.5) is 0 Å². The molecule has 2 rings (SSSR count). The molecule has 13 heavy (non-hydrogen) atoms. The monoisotopic (exact) mass is 194 g/mol. The quantitative estimate of drug-likeness (QED) is 0.542. The van der Waals surface area contributed by atoms with Crippen LogP contribution in [0.1, 0.15) is 11.1 Å². The highest BCUT2D eigenvalue weighted by Crippen LogP contribution is 2.25. The Morgan fingerprint density at radius 1 is 1.38 bits per heavy atom. The van der Waals surface area contributed by atoms with Crippen LogP contribution in [0.3, 0.4) is 0 Å². The number of hydrogen-bond donors (Lipinski definition) is 0. The van der Waals surface area contributed by atoms with E-state index >= 15 is 0 Å². The van der Waals surface area contributed by atoms with E-state index in [-0.39, 0.29) is 0 Å². The van der Waals surface area contributed by atoms with Gasteiger partial charge in [0.15, 0.2) is 0 Å². The molecular weight excluding hydrogens is 180 g/mol. The molecule has 0 bridgehead atoms. The van der Waals surface area contributed by atoms with E-state index in [9.17, 15) is 0 Å². The molecule has 2 heteroatoms. The molecule has 1 nitrogen and oxygen atoms in total. The first kappa shape index (κ1) is 9.10. The second-order valence-electron chi connectivity index (χ2n) is 3.51. The summed E-state index contributed by atoms with van der Waals surface area (Å²) in [5, 5.41) is 0. The number of thioether (sulfide) groups is 1. The summed E-state index contributed by atoms with van der Waals surface area (Å²) in [6.45, 7) is 5.26. The van der Waals surface area contributed by atoms with Crippen molar-refractivity contribution in [2.24, 2.45) is 0 Å². The lowest BCUT2D eigenvalue weighted by Gasteiger charge is -2.03. The maximum absolute atomic E-state index is 5.16. The Morgan fingerprint density at radius 3 is 2.77 bits per heavy atom. The summed E-state index contributed by atoms with van der Waals surface area (Å²) in [7, 11) is 0. The average molecular weight is 194 g/mol. The Hall–Kier alpha value is -0.470. The van der Waals surface area contributed by atoms with Gasteiger partial charge in [-0.25, -0.2) is 0 Å². The molecule has 0 aliphatic carbocycles. The van der Waals surface area contributed by atoms with Gasteiger partial charge in [-0.05, 0) is 37.1 Å². The van der Waals surface area contributed by atoms with Gasteiger partial charge in [-0.2, -0.15) is 0 Å². The van der Waals surface area contributed by atoms with Gasteiger partial charge in [-0.3, -0.25) is 0 Å². The molecule has 0 saturated carbocycles. The summed E-state index contributed by atoms with van der Waals surface area (Å²) in [4.78, 5) is 1.36. The van der Waals surface area contributed by atoms with E-state index in [2.05, 4.69) is 32.0 Å². The molecule has 70 valence electrons. The molecule has 0 aromatic heterocycles. The summed E-state index contributed by atoms with van der Waals surface area (Å²) in [6.07, 6.45) is 0.520. The number of epoxide rings is 1. The minimum absolute atomic E-state index is 0.520. The van der Waals surface area contributed by atoms with Crippen molar-refractivity contribution in [3.8, 4) is 0 Å². The van der Waals surface area contributed by atoms with Crippen molar-refractivity contribution in [3.05, 3.63) is 29.3 Å². The fourth-order valence-electron chi connectivity index (χ4n) is 1.16. The predicted octanol–water partition coefficient (Wildman–Crippen LogP) is 2.79. The largest absolute Gasteiger partial charge is 0.372 e. The lowest BCUT2D eigenvalue weighted by molar-refractivity contribution is 0.426. The topological polar surface area (TPSA) is 12.5 Å².